The van der Waals surface area contributed by atoms with Crippen molar-refractivity contribution in [3.05, 3.63) is 29.8 Å². The number of para-hydroxylation sites is 1. The van der Waals surface area contributed by atoms with Gasteiger partial charge in [0, 0.05) is 5.56 Å². The van der Waals surface area contributed by atoms with Gasteiger partial charge >= 0.3 is 0 Å². The Labute approximate surface area is 107 Å². The van der Waals surface area contributed by atoms with Crippen molar-refractivity contribution in [2.75, 3.05) is 4.61 Å². The van der Waals surface area contributed by atoms with Gasteiger partial charge < -0.3 is 10.5 Å². The first kappa shape index (κ1) is 12.2. The molecule has 0 amide bonds. The van der Waals surface area contributed by atoms with Gasteiger partial charge in [-0.05, 0) is 46.9 Å². The van der Waals surface area contributed by atoms with E-state index in [0.717, 1.165) is 11.3 Å². The van der Waals surface area contributed by atoms with Crippen molar-refractivity contribution in [1.82, 2.24) is 5.43 Å². The molecule has 0 aliphatic rings. The van der Waals surface area contributed by atoms with E-state index < -0.39 is 0 Å². The molecular formula is C9H10IN3OS. The van der Waals surface area contributed by atoms with E-state index in [-0.39, 0.29) is 5.11 Å². The average Bonchev–Trinajstić information content (AvgIpc) is 2.20. The molecule has 0 bridgehead atoms. The van der Waals surface area contributed by atoms with Crippen LogP contribution in [0.1, 0.15) is 5.56 Å². The second-order valence-corrected chi connectivity index (χ2v) is 3.59. The average molecular weight is 335 g/mol. The zero-order valence-corrected chi connectivity index (χ0v) is 10.8. The third kappa shape index (κ3) is 4.43. The van der Waals surface area contributed by atoms with Crippen LogP contribution in [0.15, 0.2) is 29.4 Å². The lowest BCUT2D eigenvalue weighted by atomic mass is 10.2. The van der Waals surface area contributed by atoms with Crippen LogP contribution in [0.2, 0.25) is 0 Å². The minimum Gasteiger partial charge on any atom is -0.483 e. The number of ether oxygens (including phenoxy) is 1. The van der Waals surface area contributed by atoms with E-state index in [2.05, 4.69) is 45.3 Å². The van der Waals surface area contributed by atoms with Gasteiger partial charge in [-0.2, -0.15) is 5.10 Å². The summed E-state index contributed by atoms with van der Waals surface area (Å²) in [6.45, 7) is 0. The minimum atomic E-state index is 0.138. The summed E-state index contributed by atoms with van der Waals surface area (Å²) in [6.07, 6.45) is 1.61. The quantitative estimate of drug-likeness (QED) is 0.289. The normalized spacial score (nSPS) is 10.2. The maximum absolute atomic E-state index is 5.40. The highest BCUT2D eigenvalue weighted by Gasteiger charge is 1.98. The number of alkyl halides is 1. The van der Waals surface area contributed by atoms with Crippen molar-refractivity contribution in [2.45, 2.75) is 0 Å². The highest BCUT2D eigenvalue weighted by molar-refractivity contribution is 14.1. The molecule has 0 fully saturated rings. The molecule has 0 heterocycles. The largest absolute Gasteiger partial charge is 0.483 e. The highest BCUT2D eigenvalue weighted by atomic mass is 127. The van der Waals surface area contributed by atoms with Crippen LogP contribution in [0.4, 0.5) is 0 Å². The maximum Gasteiger partial charge on any atom is 0.184 e. The summed E-state index contributed by atoms with van der Waals surface area (Å²) < 4.78 is 5.99. The number of nitrogens with one attached hydrogen (secondary N) is 1. The number of hydrogen-bond acceptors (Lipinski definition) is 3. The van der Waals surface area contributed by atoms with Crippen LogP contribution in [0.5, 0.6) is 5.75 Å². The van der Waals surface area contributed by atoms with E-state index in [1.165, 1.54) is 0 Å². The van der Waals surface area contributed by atoms with Crippen LogP contribution in [0, 0.1) is 0 Å². The van der Waals surface area contributed by atoms with E-state index in [1.807, 2.05) is 24.3 Å². The molecule has 0 saturated heterocycles. The van der Waals surface area contributed by atoms with Gasteiger partial charge in [0.15, 0.2) is 5.11 Å². The fourth-order valence-electron chi connectivity index (χ4n) is 0.943. The second kappa shape index (κ2) is 6.57. The summed E-state index contributed by atoms with van der Waals surface area (Å²) in [6, 6.07) is 7.58. The Morgan fingerprint density at radius 2 is 2.33 bits per heavy atom. The first-order chi connectivity index (χ1) is 7.24. The smallest absolute Gasteiger partial charge is 0.184 e. The molecule has 80 valence electrons. The van der Waals surface area contributed by atoms with Crippen LogP contribution in [-0.4, -0.2) is 15.9 Å². The van der Waals surface area contributed by atoms with E-state index in [0.29, 0.717) is 4.61 Å². The van der Waals surface area contributed by atoms with Gasteiger partial charge in [-0.1, -0.05) is 12.1 Å². The number of nitrogens with two attached hydrogens (primary N) is 1. The van der Waals surface area contributed by atoms with E-state index in [4.69, 9.17) is 10.5 Å². The number of hydrogen-bond donors (Lipinski definition) is 2. The van der Waals surface area contributed by atoms with Gasteiger partial charge in [-0.15, -0.1) is 0 Å². The number of benzene rings is 1. The molecule has 0 spiro atoms. The molecule has 0 aromatic heterocycles. The first-order valence-corrected chi connectivity index (χ1v) is 6.03. The SMILES string of the molecule is NC(=S)N/N=C/c1ccccc1OCI. The molecule has 0 aliphatic carbocycles. The molecule has 6 heteroatoms. The van der Waals surface area contributed by atoms with Gasteiger partial charge in [0.1, 0.15) is 10.4 Å². The van der Waals surface area contributed by atoms with Crippen LogP contribution in [-0.2, 0) is 0 Å². The lowest BCUT2D eigenvalue weighted by molar-refractivity contribution is 0.404. The molecule has 15 heavy (non-hydrogen) atoms. The predicted molar refractivity (Wildman–Crippen MR) is 73.5 cm³/mol. The van der Waals surface area contributed by atoms with Crippen molar-refractivity contribution in [3.8, 4) is 5.75 Å². The predicted octanol–water partition coefficient (Wildman–Crippen LogP) is 1.63. The molecule has 1 aromatic carbocycles. The van der Waals surface area contributed by atoms with Gasteiger partial charge in [-0.3, -0.25) is 5.43 Å². The molecule has 0 radical (unpaired) electrons. The Morgan fingerprint density at radius 3 is 3.00 bits per heavy atom. The summed E-state index contributed by atoms with van der Waals surface area (Å²) >= 11 is 6.75. The molecule has 0 aliphatic heterocycles. The highest BCUT2D eigenvalue weighted by Crippen LogP contribution is 2.16. The fourth-order valence-corrected chi connectivity index (χ4v) is 1.33. The van der Waals surface area contributed by atoms with Gasteiger partial charge in [0.05, 0.1) is 6.21 Å². The van der Waals surface area contributed by atoms with Gasteiger partial charge in [0.2, 0.25) is 0 Å². The third-order valence-corrected chi connectivity index (χ3v) is 1.91. The van der Waals surface area contributed by atoms with Crippen molar-refractivity contribution >= 4 is 46.1 Å². The summed E-state index contributed by atoms with van der Waals surface area (Å²) in [5.41, 5.74) is 8.59. The second-order valence-electron chi connectivity index (χ2n) is 2.53. The Balaban J connectivity index is 2.74. The molecule has 1 rings (SSSR count). The van der Waals surface area contributed by atoms with Crippen LogP contribution in [0.3, 0.4) is 0 Å². The van der Waals surface area contributed by atoms with Crippen molar-refractivity contribution in [1.29, 1.82) is 0 Å². The number of hydrazone groups is 1. The molecule has 0 saturated carbocycles. The van der Waals surface area contributed by atoms with Crippen LogP contribution in [0.25, 0.3) is 0 Å². The number of halogens is 1. The molecule has 4 nitrogen and oxygen atoms in total. The van der Waals surface area contributed by atoms with Gasteiger partial charge in [-0.25, -0.2) is 0 Å². The third-order valence-electron chi connectivity index (χ3n) is 1.51. The summed E-state index contributed by atoms with van der Waals surface area (Å²) in [5, 5.41) is 4.00. The topological polar surface area (TPSA) is 59.6 Å². The molecule has 0 atom stereocenters. The first-order valence-electron chi connectivity index (χ1n) is 4.10. The molecule has 1 aromatic rings. The fraction of sp³-hybridized carbons (Fsp3) is 0.111. The van der Waals surface area contributed by atoms with Crippen molar-refractivity contribution < 1.29 is 4.74 Å². The minimum absolute atomic E-state index is 0.138. The van der Waals surface area contributed by atoms with Crippen LogP contribution >= 0.6 is 34.8 Å². The summed E-state index contributed by atoms with van der Waals surface area (Å²) in [4.78, 5) is 0. The molecule has 0 unspecified atom stereocenters. The molecular weight excluding hydrogens is 325 g/mol. The van der Waals surface area contributed by atoms with E-state index in [1.54, 1.807) is 6.21 Å². The van der Waals surface area contributed by atoms with Crippen LogP contribution < -0.4 is 15.9 Å². The van der Waals surface area contributed by atoms with Gasteiger partial charge in [0.25, 0.3) is 0 Å². The number of nitrogens with zero attached hydrogens (tertiary/aromatic N) is 1. The Hall–Kier alpha value is -0.890. The Bertz CT molecular complexity index is 370. The molecule has 3 N–H and O–H groups in total. The van der Waals surface area contributed by atoms with Crippen molar-refractivity contribution in [3.63, 3.8) is 0 Å². The number of thiocarbonyl (C=S) groups is 1. The standard InChI is InChI=1S/C9H10IN3OS/c10-6-14-8-4-2-1-3-7(8)5-12-13-9(11)15/h1-5H,6H2,(H3,11,13,15)/b12-5+. The van der Waals surface area contributed by atoms with Crippen molar-refractivity contribution in [2.24, 2.45) is 10.8 Å². The Morgan fingerprint density at radius 1 is 1.60 bits per heavy atom. The van der Waals surface area contributed by atoms with E-state index >= 15 is 0 Å². The lowest BCUT2D eigenvalue weighted by Crippen LogP contribution is -2.24. The zero-order valence-electron chi connectivity index (χ0n) is 7.81. The maximum atomic E-state index is 5.40. The summed E-state index contributed by atoms with van der Waals surface area (Å²) in [7, 11) is 0. The lowest BCUT2D eigenvalue weighted by Gasteiger charge is -2.04. The monoisotopic (exact) mass is 335 g/mol. The van der Waals surface area contributed by atoms with E-state index in [9.17, 15) is 0 Å². The Kier molecular flexibility index (Phi) is 5.33. The zero-order chi connectivity index (χ0) is 11.1. The summed E-state index contributed by atoms with van der Waals surface area (Å²) in [5.74, 6) is 0.778. The number of rotatable bonds is 4.